The number of aliphatic hydroxyl groups is 1. The highest BCUT2D eigenvalue weighted by Crippen LogP contribution is 2.35. The van der Waals surface area contributed by atoms with Gasteiger partial charge in [0.05, 0.1) is 26.5 Å². The van der Waals surface area contributed by atoms with E-state index >= 15 is 0 Å². The van der Waals surface area contributed by atoms with Crippen LogP contribution in [0, 0.1) is 30.3 Å². The summed E-state index contributed by atoms with van der Waals surface area (Å²) in [5.41, 5.74) is -0.152. The number of carbonyl (C=O) groups excluding carboxylic acids is 3. The molecule has 3 heterocycles. The average Bonchev–Trinajstić information content (AvgIpc) is 3.19. The lowest BCUT2D eigenvalue weighted by molar-refractivity contribution is -0.385. The van der Waals surface area contributed by atoms with Crippen molar-refractivity contribution < 1.29 is 34.3 Å². The fourth-order valence-electron chi connectivity index (χ4n) is 2.50. The molecule has 3 amide bonds. The van der Waals surface area contributed by atoms with Gasteiger partial charge in [-0.3, -0.25) is 44.7 Å². The summed E-state index contributed by atoms with van der Waals surface area (Å²) in [7, 11) is 5.64. The molecule has 3 rings (SSSR count). The summed E-state index contributed by atoms with van der Waals surface area (Å²) in [6, 6.07) is 8.86. The quantitative estimate of drug-likeness (QED) is 0.0173. The summed E-state index contributed by atoms with van der Waals surface area (Å²) in [4.78, 5) is 72.4. The number of hydrogen-bond acceptors (Lipinski definition) is 22. The number of aromatic nitrogens is 3. The monoisotopic (exact) mass is 977 g/mol. The van der Waals surface area contributed by atoms with E-state index in [1.54, 1.807) is 40.4 Å². The van der Waals surface area contributed by atoms with Crippen LogP contribution < -0.4 is 16.0 Å². The van der Waals surface area contributed by atoms with Gasteiger partial charge in [0.15, 0.2) is 0 Å². The Morgan fingerprint density at radius 2 is 0.948 bits per heavy atom. The lowest BCUT2D eigenvalue weighted by atomic mass is 10.4. The van der Waals surface area contributed by atoms with Gasteiger partial charge in [0.1, 0.15) is 40.4 Å². The molecule has 0 aliphatic rings. The van der Waals surface area contributed by atoms with E-state index in [1.807, 2.05) is 0 Å². The molecule has 58 heavy (non-hydrogen) atoms. The summed E-state index contributed by atoms with van der Waals surface area (Å²) < 4.78 is 0. The van der Waals surface area contributed by atoms with Crippen molar-refractivity contribution in [3.05, 3.63) is 85.3 Å². The van der Waals surface area contributed by atoms with Gasteiger partial charge >= 0.3 is 0 Å². The topological polar surface area (TPSA) is 276 Å². The zero-order chi connectivity index (χ0) is 44.1. The number of rotatable bonds is 19. The molecule has 28 heteroatoms. The normalized spacial score (nSPS) is 9.57. The van der Waals surface area contributed by atoms with Crippen molar-refractivity contribution >= 4 is 139 Å². The van der Waals surface area contributed by atoms with Crippen LogP contribution in [0.25, 0.3) is 0 Å². The summed E-state index contributed by atoms with van der Waals surface area (Å²) in [5, 5.41) is 48.7. The fraction of sp³-hybridized carbons (Fsp3) is 0.400. The number of nitrogens with one attached hydrogen (secondary N) is 3. The zero-order valence-corrected chi connectivity index (χ0v) is 38.7. The summed E-state index contributed by atoms with van der Waals surface area (Å²) in [5.74, 6) is 6.56. The van der Waals surface area contributed by atoms with Crippen LogP contribution in [0.3, 0.4) is 0 Å². The number of hydrogen-bond donors (Lipinski definition) is 7. The first-order chi connectivity index (χ1) is 27.6. The van der Waals surface area contributed by atoms with Crippen LogP contribution in [0.4, 0.5) is 17.1 Å². The molecule has 4 N–H and O–H groups in total. The van der Waals surface area contributed by atoms with Crippen LogP contribution in [0.15, 0.2) is 70.1 Å². The molecule has 0 unspecified atom stereocenters. The van der Waals surface area contributed by atoms with Crippen molar-refractivity contribution in [1.82, 2.24) is 30.9 Å². The number of aliphatic hydroxyl groups excluding tert-OH is 1. The zero-order valence-electron chi connectivity index (χ0n) is 31.2. The standard InChI is InChI=1S/C10H6N4O4S2.C10H13N3O3S3.C5H11NOS2.C3H7NO2.C2H6S2/c15-13(16)7-1-3-9(11-5-7)19-20-10-4-2-8(6-12-10)14(17)18;1-8(14)12-7-17-4-5-18-19-10-3-2-9(6-11-10)13(15)16;1-5(7)6-4-9-3-2-8;1-3(6)4-2-5;3-1-2-4/h1-6H;2-3,6H,4-5,7H2,1H3,(H,12,14);8H,2-4H2,1H3,(H,6,7);5H,2H2,1H3,(H,4,6);3-4H,1-2H2. The largest absolute Gasteiger partial charge is 0.377 e. The second kappa shape index (κ2) is 38.4. The predicted molar refractivity (Wildman–Crippen MR) is 247 cm³/mol. The summed E-state index contributed by atoms with van der Waals surface area (Å²) in [6.07, 6.45) is 3.60. The van der Waals surface area contributed by atoms with Crippen molar-refractivity contribution in [2.45, 2.75) is 35.8 Å². The number of thiol groups is 3. The number of nitro groups is 3. The molecular weight excluding hydrogens is 935 g/mol. The smallest absolute Gasteiger partial charge is 0.287 e. The van der Waals surface area contributed by atoms with Crippen molar-refractivity contribution in [1.29, 1.82) is 0 Å². The molecule has 0 aliphatic heterocycles. The molecule has 3 aromatic rings. The third-order valence-corrected chi connectivity index (χ3v) is 12.7. The predicted octanol–water partition coefficient (Wildman–Crippen LogP) is 6.31. The molecular formula is C30H43N9O10S9. The van der Waals surface area contributed by atoms with E-state index in [2.05, 4.69) is 68.8 Å². The van der Waals surface area contributed by atoms with Gasteiger partial charge in [-0.1, -0.05) is 10.8 Å². The van der Waals surface area contributed by atoms with E-state index in [1.165, 1.54) is 102 Å². The molecule has 0 fully saturated rings. The molecule has 0 saturated heterocycles. The first-order valence-electron chi connectivity index (χ1n) is 15.9. The molecule has 322 valence electrons. The van der Waals surface area contributed by atoms with Gasteiger partial charge < -0.3 is 21.1 Å². The minimum atomic E-state index is -0.521. The van der Waals surface area contributed by atoms with Crippen LogP contribution in [0.1, 0.15) is 20.8 Å². The fourth-order valence-corrected chi connectivity index (χ4v) is 8.31. The van der Waals surface area contributed by atoms with Crippen LogP contribution in [-0.2, 0) is 14.4 Å². The van der Waals surface area contributed by atoms with E-state index in [0.29, 0.717) is 21.8 Å². The Hall–Kier alpha value is -2.83. The Labute approximate surface area is 376 Å². The molecule has 0 atom stereocenters. The minimum Gasteiger partial charge on any atom is -0.377 e. The maximum atomic E-state index is 10.6. The van der Waals surface area contributed by atoms with Gasteiger partial charge in [-0.2, -0.15) is 37.9 Å². The molecule has 19 nitrogen and oxygen atoms in total. The Morgan fingerprint density at radius 3 is 1.21 bits per heavy atom. The maximum absolute atomic E-state index is 10.6. The Bertz CT molecular complexity index is 1560. The number of thioether (sulfide) groups is 2. The van der Waals surface area contributed by atoms with Crippen LogP contribution in [-0.4, -0.2) is 106 Å². The number of amides is 3. The van der Waals surface area contributed by atoms with Crippen LogP contribution in [0.2, 0.25) is 0 Å². The first-order valence-corrected chi connectivity index (χ1v) is 24.6. The van der Waals surface area contributed by atoms with E-state index < -0.39 is 14.8 Å². The average molecular weight is 978 g/mol. The Balaban J connectivity index is 0. The van der Waals surface area contributed by atoms with Gasteiger partial charge in [0, 0.05) is 56.2 Å². The minimum absolute atomic E-state index is 0.000197. The lowest BCUT2D eigenvalue weighted by Crippen LogP contribution is -2.19. The highest BCUT2D eigenvalue weighted by atomic mass is 33.1. The lowest BCUT2D eigenvalue weighted by Gasteiger charge is -2.02. The second-order valence-corrected chi connectivity index (χ2v) is 17.7. The highest BCUT2D eigenvalue weighted by molar-refractivity contribution is 8.77. The van der Waals surface area contributed by atoms with Crippen molar-refractivity contribution in [3.63, 3.8) is 0 Å². The molecule has 0 saturated carbocycles. The van der Waals surface area contributed by atoms with E-state index in [9.17, 15) is 44.7 Å². The van der Waals surface area contributed by atoms with E-state index in [0.717, 1.165) is 39.5 Å². The van der Waals surface area contributed by atoms with Gasteiger partial charge in [0.25, 0.3) is 17.1 Å². The molecule has 3 aromatic heterocycles. The van der Waals surface area contributed by atoms with Crippen LogP contribution >= 0.6 is 105 Å². The van der Waals surface area contributed by atoms with E-state index in [-0.39, 0.29) is 41.5 Å². The molecule has 0 bridgehead atoms. The van der Waals surface area contributed by atoms with Crippen molar-refractivity contribution in [2.75, 3.05) is 53.0 Å². The number of carbonyl (C=O) groups is 3. The molecule has 0 aromatic carbocycles. The van der Waals surface area contributed by atoms with Gasteiger partial charge in [-0.15, -0.1) is 23.5 Å². The highest BCUT2D eigenvalue weighted by Gasteiger charge is 2.09. The summed E-state index contributed by atoms with van der Waals surface area (Å²) in [6.45, 7) is 4.08. The van der Waals surface area contributed by atoms with Gasteiger partial charge in [-0.05, 0) is 67.8 Å². The third-order valence-electron chi connectivity index (χ3n) is 4.97. The molecule has 0 radical (unpaired) electrons. The van der Waals surface area contributed by atoms with Gasteiger partial charge in [0.2, 0.25) is 17.7 Å². The Morgan fingerprint density at radius 1 is 0.586 bits per heavy atom. The van der Waals surface area contributed by atoms with Crippen molar-refractivity contribution in [3.8, 4) is 0 Å². The molecule has 0 spiro atoms. The SMILES string of the molecule is CC(=O)NCO.CC(=O)NCSCCS.CC(=O)NCSCCSSc1ccc([N+](=O)[O-])cn1.O=[N+]([O-])c1ccc(SSc2ccc([N+](=O)[O-])cn2)nc1.SCCS. The second-order valence-electron chi connectivity index (χ2n) is 9.54. The number of pyridine rings is 3. The maximum Gasteiger partial charge on any atom is 0.287 e. The third kappa shape index (κ3) is 35.1. The molecule has 0 aliphatic carbocycles. The Kier molecular flexibility index (Phi) is 37.9. The number of nitrogens with zero attached hydrogens (tertiary/aromatic N) is 6. The van der Waals surface area contributed by atoms with Crippen molar-refractivity contribution in [2.24, 2.45) is 0 Å². The first kappa shape index (κ1) is 57.3. The van der Waals surface area contributed by atoms with E-state index in [4.69, 9.17) is 5.11 Å². The van der Waals surface area contributed by atoms with Gasteiger partial charge in [-0.25, -0.2) is 15.0 Å². The summed E-state index contributed by atoms with van der Waals surface area (Å²) >= 11 is 15.0. The van der Waals surface area contributed by atoms with Crippen LogP contribution in [0.5, 0.6) is 0 Å².